The summed E-state index contributed by atoms with van der Waals surface area (Å²) in [5, 5.41) is 21.3. The van der Waals surface area contributed by atoms with Gasteiger partial charge in [-0.1, -0.05) is 28.1 Å². The Hall–Kier alpha value is -3.98. The van der Waals surface area contributed by atoms with Crippen LogP contribution in [-0.4, -0.2) is 33.5 Å². The Morgan fingerprint density at radius 1 is 1.12 bits per heavy atom. The van der Waals surface area contributed by atoms with Gasteiger partial charge in [0.25, 0.3) is 5.69 Å². The van der Waals surface area contributed by atoms with Gasteiger partial charge in [0.05, 0.1) is 22.0 Å². The van der Waals surface area contributed by atoms with Gasteiger partial charge >= 0.3 is 0 Å². The van der Waals surface area contributed by atoms with Crippen molar-refractivity contribution in [2.45, 2.75) is 6.92 Å². The zero-order chi connectivity index (χ0) is 23.7. The Morgan fingerprint density at radius 3 is 2.48 bits per heavy atom. The van der Waals surface area contributed by atoms with Gasteiger partial charge in [-0.2, -0.15) is 0 Å². The molecule has 1 N–H and O–H groups in total. The number of carbonyl (C=O) groups is 2. The second-order valence-electron chi connectivity index (χ2n) is 7.34. The van der Waals surface area contributed by atoms with Crippen molar-refractivity contribution in [2.75, 3.05) is 0 Å². The third-order valence-corrected chi connectivity index (χ3v) is 5.64. The van der Waals surface area contributed by atoms with E-state index in [0.29, 0.717) is 22.5 Å². The highest BCUT2D eigenvalue weighted by Crippen LogP contribution is 2.36. The Kier molecular flexibility index (Phi) is 5.97. The summed E-state index contributed by atoms with van der Waals surface area (Å²) >= 11 is 3.34. The Bertz CT molecular complexity index is 1360. The van der Waals surface area contributed by atoms with Gasteiger partial charge < -0.3 is 5.11 Å². The quantitative estimate of drug-likeness (QED) is 0.217. The summed E-state index contributed by atoms with van der Waals surface area (Å²) in [4.78, 5) is 44.6. The van der Waals surface area contributed by atoms with Crippen LogP contribution in [0.25, 0.3) is 0 Å². The van der Waals surface area contributed by atoms with Gasteiger partial charge in [0.2, 0.25) is 0 Å². The van der Waals surface area contributed by atoms with E-state index >= 15 is 0 Å². The molecule has 4 rings (SSSR count). The van der Waals surface area contributed by atoms with Crippen LogP contribution >= 0.6 is 15.9 Å². The first-order chi connectivity index (χ1) is 15.8. The normalized spacial score (nSPS) is 16.4. The van der Waals surface area contributed by atoms with Crippen molar-refractivity contribution in [3.05, 3.63) is 91.9 Å². The number of fused-ring (bicyclic) bond motifs is 1. The number of hydrogen-bond acceptors (Lipinski definition) is 7. The molecule has 1 aliphatic carbocycles. The summed E-state index contributed by atoms with van der Waals surface area (Å²) in [5.74, 6) is -2.13. The molecule has 0 saturated carbocycles. The van der Waals surface area contributed by atoms with E-state index in [1.807, 2.05) is 0 Å². The summed E-state index contributed by atoms with van der Waals surface area (Å²) in [5.41, 5.74) is 1.67. The maximum absolute atomic E-state index is 12.8. The number of nitrogens with zero attached hydrogens (tertiary/aromatic N) is 3. The lowest BCUT2D eigenvalue weighted by Gasteiger charge is -2.06. The summed E-state index contributed by atoms with van der Waals surface area (Å²) < 4.78 is 0.805. The molecule has 0 aliphatic heterocycles. The Balaban J connectivity index is 1.69. The number of Topliss-reactive ketones (excluding diaryl/α,β-unsaturated/α-hetero) is 2. The number of phenolic OH excluding ortho intramolecular Hbond substituents is 1. The molecule has 1 unspecified atom stereocenters. The predicted molar refractivity (Wildman–Crippen MR) is 127 cm³/mol. The largest absolute Gasteiger partial charge is 0.507 e. The van der Waals surface area contributed by atoms with Crippen molar-refractivity contribution >= 4 is 56.5 Å². The van der Waals surface area contributed by atoms with Gasteiger partial charge in [-0.05, 0) is 49.4 Å². The molecule has 8 nitrogen and oxygen atoms in total. The van der Waals surface area contributed by atoms with Crippen LogP contribution in [0, 0.1) is 16.0 Å². The summed E-state index contributed by atoms with van der Waals surface area (Å²) in [6.45, 7) is 1.27. The average Bonchev–Trinajstić information content (AvgIpc) is 3.07. The molecule has 3 aromatic carbocycles. The molecule has 3 aromatic rings. The standard InChI is InChI=1S/C24H16BrN3O5/c1-13(29)21-23(18-3-2-4-19(28(32)33)22(18)24(21)31)27-17-8-6-16(7-9-17)26-12-14-11-15(25)5-10-20(14)30/h2-12,21,30H,1H3. The second-order valence-corrected chi connectivity index (χ2v) is 8.26. The number of nitro benzene ring substituents is 1. The number of phenols is 1. The maximum atomic E-state index is 12.8. The summed E-state index contributed by atoms with van der Waals surface area (Å²) in [7, 11) is 0. The van der Waals surface area contributed by atoms with Crippen LogP contribution < -0.4 is 0 Å². The number of halogens is 1. The van der Waals surface area contributed by atoms with Crippen molar-refractivity contribution in [1.29, 1.82) is 0 Å². The molecule has 0 spiro atoms. The number of hydrogen-bond donors (Lipinski definition) is 1. The number of carbonyl (C=O) groups excluding carboxylic acids is 2. The minimum atomic E-state index is -1.18. The lowest BCUT2D eigenvalue weighted by atomic mass is 9.99. The fourth-order valence-electron chi connectivity index (χ4n) is 3.62. The van der Waals surface area contributed by atoms with E-state index in [4.69, 9.17) is 0 Å². The second kappa shape index (κ2) is 8.87. The van der Waals surface area contributed by atoms with Crippen molar-refractivity contribution in [2.24, 2.45) is 15.9 Å². The lowest BCUT2D eigenvalue weighted by Crippen LogP contribution is -2.23. The molecule has 0 bridgehead atoms. The number of benzene rings is 3. The molecule has 33 heavy (non-hydrogen) atoms. The number of aromatic hydroxyl groups is 1. The fraction of sp³-hybridized carbons (Fsp3) is 0.0833. The van der Waals surface area contributed by atoms with E-state index in [0.717, 1.165) is 4.47 Å². The van der Waals surface area contributed by atoms with E-state index in [2.05, 4.69) is 25.9 Å². The van der Waals surface area contributed by atoms with Gasteiger partial charge in [-0.25, -0.2) is 0 Å². The molecular weight excluding hydrogens is 490 g/mol. The zero-order valence-corrected chi connectivity index (χ0v) is 18.8. The number of rotatable bonds is 5. The van der Waals surface area contributed by atoms with Crippen LogP contribution in [0.1, 0.15) is 28.4 Å². The topological polar surface area (TPSA) is 122 Å². The van der Waals surface area contributed by atoms with Crippen LogP contribution in [0.3, 0.4) is 0 Å². The smallest absolute Gasteiger partial charge is 0.280 e. The van der Waals surface area contributed by atoms with Gasteiger partial charge in [-0.15, -0.1) is 0 Å². The van der Waals surface area contributed by atoms with Gasteiger partial charge in [0.1, 0.15) is 23.0 Å². The van der Waals surface area contributed by atoms with Gasteiger partial charge in [0.15, 0.2) is 5.78 Å². The SMILES string of the molecule is CC(=O)C1C(=O)c2c(cccc2[N+](=O)[O-])C1=Nc1ccc(N=Cc2cc(Br)ccc2O)cc1. The van der Waals surface area contributed by atoms with Crippen molar-refractivity contribution in [3.63, 3.8) is 0 Å². The Morgan fingerprint density at radius 2 is 1.82 bits per heavy atom. The van der Waals surface area contributed by atoms with Gasteiger partial charge in [-0.3, -0.25) is 29.7 Å². The van der Waals surface area contributed by atoms with Crippen molar-refractivity contribution in [3.8, 4) is 5.75 Å². The Labute approximate surface area is 196 Å². The minimum absolute atomic E-state index is 0.0866. The lowest BCUT2D eigenvalue weighted by molar-refractivity contribution is -0.385. The number of ketones is 2. The first kappa shape index (κ1) is 22.2. The molecule has 0 radical (unpaired) electrons. The molecule has 0 fully saturated rings. The van der Waals surface area contributed by atoms with E-state index < -0.39 is 22.4 Å². The first-order valence-corrected chi connectivity index (χ1v) is 10.6. The van der Waals surface area contributed by atoms with Gasteiger partial charge in [0, 0.05) is 27.9 Å². The highest BCUT2D eigenvalue weighted by Gasteiger charge is 2.43. The molecule has 9 heteroatoms. The molecule has 1 aliphatic rings. The van der Waals surface area contributed by atoms with E-state index in [-0.39, 0.29) is 22.7 Å². The van der Waals surface area contributed by atoms with E-state index in [9.17, 15) is 24.8 Å². The highest BCUT2D eigenvalue weighted by atomic mass is 79.9. The zero-order valence-electron chi connectivity index (χ0n) is 17.2. The van der Waals surface area contributed by atoms with E-state index in [1.54, 1.807) is 48.5 Å². The molecule has 0 aromatic heterocycles. The molecule has 164 valence electrons. The average molecular weight is 506 g/mol. The third-order valence-electron chi connectivity index (χ3n) is 5.15. The van der Waals surface area contributed by atoms with Crippen molar-refractivity contribution in [1.82, 2.24) is 0 Å². The highest BCUT2D eigenvalue weighted by molar-refractivity contribution is 9.10. The molecule has 1 atom stereocenters. The van der Waals surface area contributed by atoms with Crippen LogP contribution in [-0.2, 0) is 4.79 Å². The molecule has 0 heterocycles. The molecular formula is C24H16BrN3O5. The summed E-state index contributed by atoms with van der Waals surface area (Å²) in [6.07, 6.45) is 1.53. The van der Waals surface area contributed by atoms with Crippen LogP contribution in [0.4, 0.5) is 17.1 Å². The first-order valence-electron chi connectivity index (χ1n) is 9.80. The summed E-state index contributed by atoms with van der Waals surface area (Å²) in [6, 6.07) is 16.0. The van der Waals surface area contributed by atoms with Crippen molar-refractivity contribution < 1.29 is 19.6 Å². The predicted octanol–water partition coefficient (Wildman–Crippen LogP) is 5.34. The molecule has 0 amide bonds. The van der Waals surface area contributed by atoms with E-state index in [1.165, 1.54) is 25.3 Å². The third kappa shape index (κ3) is 4.35. The minimum Gasteiger partial charge on any atom is -0.507 e. The van der Waals surface area contributed by atoms with Crippen LogP contribution in [0.2, 0.25) is 0 Å². The fourth-order valence-corrected chi connectivity index (χ4v) is 3.99. The molecule has 0 saturated heterocycles. The number of aliphatic imine (C=N–C) groups is 2. The maximum Gasteiger partial charge on any atom is 0.280 e. The number of nitro groups is 1. The van der Waals surface area contributed by atoms with Crippen LogP contribution in [0.15, 0.2) is 75.1 Å². The monoisotopic (exact) mass is 505 g/mol. The van der Waals surface area contributed by atoms with Crippen LogP contribution in [0.5, 0.6) is 5.75 Å².